The molecule has 1 fully saturated rings. The van der Waals surface area contributed by atoms with Crippen LogP contribution in [0.1, 0.15) is 21.5 Å². The molecule has 0 atom stereocenters. The number of fused-ring (bicyclic) bond motifs is 1. The minimum absolute atomic E-state index is 0.0654. The fourth-order valence-electron chi connectivity index (χ4n) is 4.42. The smallest absolute Gasteiger partial charge is 0.293 e. The number of rotatable bonds is 5. The van der Waals surface area contributed by atoms with Crippen molar-refractivity contribution >= 4 is 51.4 Å². The van der Waals surface area contributed by atoms with Gasteiger partial charge in [0.1, 0.15) is 11.2 Å². The number of anilines is 2. The van der Waals surface area contributed by atoms with Gasteiger partial charge in [-0.05, 0) is 79.7 Å². The Labute approximate surface area is 223 Å². The van der Waals surface area contributed by atoms with Crippen LogP contribution in [-0.4, -0.2) is 47.2 Å². The first-order chi connectivity index (χ1) is 18.3. The number of nitrogens with zero attached hydrogens (tertiary/aromatic N) is 3. The van der Waals surface area contributed by atoms with Crippen LogP contribution in [0.15, 0.2) is 59.0 Å². The van der Waals surface area contributed by atoms with Gasteiger partial charge >= 0.3 is 0 Å². The zero-order valence-electron chi connectivity index (χ0n) is 20.8. The fourth-order valence-corrected chi connectivity index (χ4v) is 4.63. The van der Waals surface area contributed by atoms with Gasteiger partial charge in [0, 0.05) is 36.0 Å². The third-order valence-electron chi connectivity index (χ3n) is 6.22. The van der Waals surface area contributed by atoms with E-state index in [1.807, 2.05) is 36.9 Å². The number of nitro groups is 1. The molecule has 11 heteroatoms. The molecule has 1 saturated heterocycles. The topological polar surface area (TPSA) is 123 Å². The summed E-state index contributed by atoms with van der Waals surface area (Å²) < 4.78 is 11.3. The van der Waals surface area contributed by atoms with Gasteiger partial charge in [-0.25, -0.2) is 4.98 Å². The molecule has 0 radical (unpaired) electrons. The minimum atomic E-state index is -0.548. The molecule has 38 heavy (non-hydrogen) atoms. The normalized spacial score (nSPS) is 13.4. The molecule has 0 unspecified atom stereocenters. The maximum atomic E-state index is 12.8. The highest BCUT2D eigenvalue weighted by Crippen LogP contribution is 2.30. The molecule has 1 aromatic heterocycles. The molecule has 0 bridgehead atoms. The van der Waals surface area contributed by atoms with Crippen molar-refractivity contribution in [2.24, 2.45) is 0 Å². The molecule has 1 aliphatic heterocycles. The Morgan fingerprint density at radius 1 is 1.08 bits per heavy atom. The molecule has 2 heterocycles. The first-order valence-corrected chi connectivity index (χ1v) is 12.4. The summed E-state index contributed by atoms with van der Waals surface area (Å²) in [7, 11) is 0. The first-order valence-electron chi connectivity index (χ1n) is 12.0. The molecule has 10 nitrogen and oxygen atoms in total. The lowest BCUT2D eigenvalue weighted by Crippen LogP contribution is -2.37. The average Bonchev–Trinajstić information content (AvgIpc) is 3.33. The van der Waals surface area contributed by atoms with Crippen LogP contribution in [-0.2, 0) is 4.74 Å². The zero-order valence-corrected chi connectivity index (χ0v) is 21.6. The summed E-state index contributed by atoms with van der Waals surface area (Å²) in [6, 6.07) is 15.7. The maximum Gasteiger partial charge on any atom is 0.293 e. The number of aromatic nitrogens is 1. The number of nitro benzene ring substituents is 1. The van der Waals surface area contributed by atoms with Crippen molar-refractivity contribution in [2.75, 3.05) is 36.5 Å². The lowest BCUT2D eigenvalue weighted by molar-refractivity contribution is -0.384. The number of thiocarbonyl (C=S) groups is 1. The molecule has 4 aromatic rings. The van der Waals surface area contributed by atoms with Gasteiger partial charge in [0.2, 0.25) is 5.89 Å². The predicted molar refractivity (Wildman–Crippen MR) is 149 cm³/mol. The molecular formula is C27H25N5O5S. The van der Waals surface area contributed by atoms with E-state index in [0.29, 0.717) is 43.6 Å². The second-order valence-corrected chi connectivity index (χ2v) is 9.40. The minimum Gasteiger partial charge on any atom is -0.436 e. The summed E-state index contributed by atoms with van der Waals surface area (Å²) >= 11 is 5.29. The van der Waals surface area contributed by atoms with Crippen molar-refractivity contribution < 1.29 is 18.9 Å². The van der Waals surface area contributed by atoms with Crippen molar-refractivity contribution in [1.82, 2.24) is 10.3 Å². The fraction of sp³-hybridized carbons (Fsp3) is 0.222. The number of oxazole rings is 1. The van der Waals surface area contributed by atoms with Gasteiger partial charge in [0.05, 0.1) is 18.1 Å². The van der Waals surface area contributed by atoms with Crippen LogP contribution in [0.25, 0.3) is 22.6 Å². The summed E-state index contributed by atoms with van der Waals surface area (Å²) in [5.74, 6) is -0.0360. The Bertz CT molecular complexity index is 1540. The van der Waals surface area contributed by atoms with E-state index in [4.69, 9.17) is 21.4 Å². The largest absolute Gasteiger partial charge is 0.436 e. The van der Waals surface area contributed by atoms with Gasteiger partial charge in [-0.1, -0.05) is 6.07 Å². The third kappa shape index (κ3) is 5.34. The quantitative estimate of drug-likeness (QED) is 0.208. The molecule has 3 aromatic carbocycles. The SMILES string of the molecule is Cc1cc(C)c2oc(-c3ccc(NC(=S)NC(=O)c4ccc(N5CCOCC5)c([N+](=O)[O-])c4)cc3)nc2c1. The number of hydrogen-bond donors (Lipinski definition) is 2. The second-order valence-electron chi connectivity index (χ2n) is 8.99. The van der Waals surface area contributed by atoms with E-state index in [2.05, 4.69) is 21.7 Å². The number of nitrogens with one attached hydrogen (secondary N) is 2. The van der Waals surface area contributed by atoms with Gasteiger partial charge in [-0.3, -0.25) is 20.2 Å². The van der Waals surface area contributed by atoms with Gasteiger partial charge in [-0.15, -0.1) is 0 Å². The van der Waals surface area contributed by atoms with Crippen molar-refractivity contribution in [1.29, 1.82) is 0 Å². The van der Waals surface area contributed by atoms with Crippen LogP contribution < -0.4 is 15.5 Å². The van der Waals surface area contributed by atoms with Gasteiger partial charge in [0.15, 0.2) is 10.7 Å². The standard InChI is InChI=1S/C27H25N5O5S/c1-16-13-17(2)24-21(14-16)29-26(37-24)18-3-6-20(7-4-18)28-27(38)30-25(33)19-5-8-22(23(15-19)32(34)35)31-9-11-36-12-10-31/h3-8,13-15H,9-12H2,1-2H3,(H2,28,30,33,38). The number of morpholine rings is 1. The molecular weight excluding hydrogens is 506 g/mol. The second kappa shape index (κ2) is 10.6. The number of carbonyl (C=O) groups is 1. The summed E-state index contributed by atoms with van der Waals surface area (Å²) in [5, 5.41) is 17.3. The maximum absolute atomic E-state index is 12.8. The molecule has 0 saturated carbocycles. The molecule has 1 amide bonds. The zero-order chi connectivity index (χ0) is 26.8. The number of hydrogen-bond acceptors (Lipinski definition) is 8. The monoisotopic (exact) mass is 531 g/mol. The summed E-state index contributed by atoms with van der Waals surface area (Å²) in [5.41, 5.74) is 5.61. The van der Waals surface area contributed by atoms with Crippen LogP contribution in [0.3, 0.4) is 0 Å². The van der Waals surface area contributed by atoms with E-state index in [-0.39, 0.29) is 16.4 Å². The van der Waals surface area contributed by atoms with E-state index < -0.39 is 10.8 Å². The van der Waals surface area contributed by atoms with Gasteiger partial charge in [-0.2, -0.15) is 0 Å². The Hall–Kier alpha value is -4.35. The molecule has 2 N–H and O–H groups in total. The number of carbonyl (C=O) groups excluding carboxylic acids is 1. The van der Waals surface area contributed by atoms with E-state index in [9.17, 15) is 14.9 Å². The Balaban J connectivity index is 1.25. The molecule has 0 aliphatic carbocycles. The van der Waals surface area contributed by atoms with Crippen LogP contribution >= 0.6 is 12.2 Å². The Kier molecular flexibility index (Phi) is 7.03. The van der Waals surface area contributed by atoms with Crippen LogP contribution in [0.5, 0.6) is 0 Å². The predicted octanol–water partition coefficient (Wildman–Crippen LogP) is 4.98. The highest BCUT2D eigenvalue weighted by Gasteiger charge is 2.23. The summed E-state index contributed by atoms with van der Waals surface area (Å²) in [6.07, 6.45) is 0. The van der Waals surface area contributed by atoms with Crippen molar-refractivity contribution in [3.63, 3.8) is 0 Å². The number of benzene rings is 3. The third-order valence-corrected chi connectivity index (χ3v) is 6.43. The number of amides is 1. The van der Waals surface area contributed by atoms with Gasteiger partial charge < -0.3 is 19.4 Å². The average molecular weight is 532 g/mol. The number of aryl methyl sites for hydroxylation is 2. The van der Waals surface area contributed by atoms with E-state index >= 15 is 0 Å². The van der Waals surface area contributed by atoms with E-state index in [1.54, 1.807) is 24.3 Å². The van der Waals surface area contributed by atoms with E-state index in [1.165, 1.54) is 6.07 Å². The molecule has 194 valence electrons. The van der Waals surface area contributed by atoms with Crippen LogP contribution in [0.4, 0.5) is 17.1 Å². The number of ether oxygens (including phenoxy) is 1. The molecule has 5 rings (SSSR count). The lowest BCUT2D eigenvalue weighted by Gasteiger charge is -2.28. The summed E-state index contributed by atoms with van der Waals surface area (Å²) in [6.45, 7) is 6.09. The molecule has 1 aliphatic rings. The van der Waals surface area contributed by atoms with Crippen molar-refractivity contribution in [3.05, 3.63) is 81.4 Å². The van der Waals surface area contributed by atoms with Crippen LogP contribution in [0, 0.1) is 24.0 Å². The highest BCUT2D eigenvalue weighted by molar-refractivity contribution is 7.80. The first kappa shape index (κ1) is 25.3. The van der Waals surface area contributed by atoms with Crippen LogP contribution in [0.2, 0.25) is 0 Å². The summed E-state index contributed by atoms with van der Waals surface area (Å²) in [4.78, 5) is 30.4. The Morgan fingerprint density at radius 3 is 2.53 bits per heavy atom. The highest BCUT2D eigenvalue weighted by atomic mass is 32.1. The molecule has 0 spiro atoms. The van der Waals surface area contributed by atoms with E-state index in [0.717, 1.165) is 27.8 Å². The van der Waals surface area contributed by atoms with Crippen molar-refractivity contribution in [3.8, 4) is 11.5 Å². The van der Waals surface area contributed by atoms with Crippen molar-refractivity contribution in [2.45, 2.75) is 13.8 Å². The Morgan fingerprint density at radius 2 is 1.82 bits per heavy atom. The van der Waals surface area contributed by atoms with Gasteiger partial charge in [0.25, 0.3) is 11.6 Å². The lowest BCUT2D eigenvalue weighted by atomic mass is 10.1.